The molecule has 0 spiro atoms. The first kappa shape index (κ1) is 21.4. The second-order valence-corrected chi connectivity index (χ2v) is 8.94. The molecule has 0 radical (unpaired) electrons. The van der Waals surface area contributed by atoms with E-state index in [0.29, 0.717) is 17.5 Å². The highest BCUT2D eigenvalue weighted by Crippen LogP contribution is 2.30. The Morgan fingerprint density at radius 1 is 1.03 bits per heavy atom. The number of hydrogen-bond donors (Lipinski definition) is 1. The number of nitrogens with one attached hydrogen (secondary N) is 1. The molecule has 0 saturated carbocycles. The summed E-state index contributed by atoms with van der Waals surface area (Å²) in [6, 6.07) is 18.4. The molecule has 0 bridgehead atoms. The standard InChI is InChI=1S/C23H23N5OS2/c1-15-19(16(2)28-22(25-15)26-23(27-28)30-3)13-21(29)24-14-17-9-7-8-12-20(17)31-18-10-5-4-6-11-18/h4-12H,13-14H2,1-3H3,(H,24,29). The van der Waals surface area contributed by atoms with Crippen molar-refractivity contribution >= 4 is 35.2 Å². The summed E-state index contributed by atoms with van der Waals surface area (Å²) in [6.07, 6.45) is 2.18. The number of amides is 1. The van der Waals surface area contributed by atoms with Gasteiger partial charge >= 0.3 is 0 Å². The summed E-state index contributed by atoms with van der Waals surface area (Å²) in [6.45, 7) is 4.34. The van der Waals surface area contributed by atoms with Crippen molar-refractivity contribution in [3.8, 4) is 0 Å². The van der Waals surface area contributed by atoms with E-state index in [-0.39, 0.29) is 12.3 Å². The monoisotopic (exact) mass is 449 g/mol. The maximum absolute atomic E-state index is 12.8. The number of fused-ring (bicyclic) bond motifs is 1. The molecule has 0 atom stereocenters. The molecule has 0 aliphatic heterocycles. The van der Waals surface area contributed by atoms with Crippen LogP contribution < -0.4 is 5.32 Å². The molecular formula is C23H23N5OS2. The van der Waals surface area contributed by atoms with Crippen molar-refractivity contribution in [2.75, 3.05) is 6.26 Å². The molecule has 0 aliphatic carbocycles. The van der Waals surface area contributed by atoms with Gasteiger partial charge in [0.2, 0.25) is 11.1 Å². The Hall–Kier alpha value is -2.84. The lowest BCUT2D eigenvalue weighted by Crippen LogP contribution is -2.26. The van der Waals surface area contributed by atoms with E-state index in [9.17, 15) is 4.79 Å². The van der Waals surface area contributed by atoms with Crippen LogP contribution in [0.15, 0.2) is 69.5 Å². The van der Waals surface area contributed by atoms with Crippen LogP contribution in [0.1, 0.15) is 22.5 Å². The smallest absolute Gasteiger partial charge is 0.253 e. The summed E-state index contributed by atoms with van der Waals surface area (Å²) in [5.74, 6) is 0.521. The van der Waals surface area contributed by atoms with Crippen molar-refractivity contribution in [3.63, 3.8) is 0 Å². The molecule has 0 saturated heterocycles. The third kappa shape index (κ3) is 4.91. The molecule has 4 aromatic rings. The summed E-state index contributed by atoms with van der Waals surface area (Å²) < 4.78 is 1.72. The number of thioether (sulfide) groups is 1. The summed E-state index contributed by atoms with van der Waals surface area (Å²) in [4.78, 5) is 24.0. The lowest BCUT2D eigenvalue weighted by molar-refractivity contribution is -0.120. The number of carbonyl (C=O) groups excluding carboxylic acids is 1. The zero-order valence-corrected chi connectivity index (χ0v) is 19.3. The van der Waals surface area contributed by atoms with Gasteiger partial charge in [-0.3, -0.25) is 4.79 Å². The van der Waals surface area contributed by atoms with E-state index >= 15 is 0 Å². The van der Waals surface area contributed by atoms with Crippen LogP contribution >= 0.6 is 23.5 Å². The maximum Gasteiger partial charge on any atom is 0.253 e. The Labute approximate surface area is 189 Å². The van der Waals surface area contributed by atoms with Crippen molar-refractivity contribution in [1.82, 2.24) is 24.9 Å². The van der Waals surface area contributed by atoms with E-state index in [1.807, 2.05) is 50.4 Å². The van der Waals surface area contributed by atoms with Crippen LogP contribution in [0.25, 0.3) is 5.78 Å². The van der Waals surface area contributed by atoms with Gasteiger partial charge < -0.3 is 5.32 Å². The Morgan fingerprint density at radius 2 is 1.77 bits per heavy atom. The minimum atomic E-state index is -0.0444. The van der Waals surface area contributed by atoms with Crippen molar-refractivity contribution in [3.05, 3.63) is 77.1 Å². The molecule has 158 valence electrons. The second-order valence-electron chi connectivity index (χ2n) is 7.05. The number of hydrogen-bond acceptors (Lipinski definition) is 6. The van der Waals surface area contributed by atoms with Crippen LogP contribution in [0.5, 0.6) is 0 Å². The summed E-state index contributed by atoms with van der Waals surface area (Å²) >= 11 is 3.17. The van der Waals surface area contributed by atoms with Gasteiger partial charge in [0.15, 0.2) is 0 Å². The van der Waals surface area contributed by atoms with Crippen LogP contribution in [-0.4, -0.2) is 31.7 Å². The molecule has 31 heavy (non-hydrogen) atoms. The summed E-state index contributed by atoms with van der Waals surface area (Å²) in [5, 5.41) is 8.19. The van der Waals surface area contributed by atoms with Gasteiger partial charge in [0.05, 0.1) is 6.42 Å². The number of rotatable bonds is 7. The fourth-order valence-corrected chi connectivity index (χ4v) is 4.62. The molecule has 2 aromatic carbocycles. The Balaban J connectivity index is 1.47. The van der Waals surface area contributed by atoms with Crippen molar-refractivity contribution in [2.45, 2.75) is 41.8 Å². The zero-order chi connectivity index (χ0) is 21.8. The fourth-order valence-electron chi connectivity index (χ4n) is 3.31. The largest absolute Gasteiger partial charge is 0.352 e. The molecule has 0 fully saturated rings. The number of aromatic nitrogens is 4. The van der Waals surface area contributed by atoms with Gasteiger partial charge in [-0.05, 0) is 43.9 Å². The average Bonchev–Trinajstić information content (AvgIpc) is 3.20. The van der Waals surface area contributed by atoms with Crippen LogP contribution in [0.4, 0.5) is 0 Å². The molecule has 1 N–H and O–H groups in total. The molecule has 0 aliphatic rings. The fraction of sp³-hybridized carbons (Fsp3) is 0.217. The number of benzene rings is 2. The minimum absolute atomic E-state index is 0.0444. The predicted octanol–water partition coefficient (Wildman–Crippen LogP) is 4.47. The predicted molar refractivity (Wildman–Crippen MR) is 125 cm³/mol. The summed E-state index contributed by atoms with van der Waals surface area (Å²) in [7, 11) is 0. The van der Waals surface area contributed by atoms with Gasteiger partial charge in [0, 0.05) is 33.3 Å². The van der Waals surface area contributed by atoms with E-state index in [4.69, 9.17) is 0 Å². The van der Waals surface area contributed by atoms with Gasteiger partial charge in [-0.2, -0.15) is 4.98 Å². The van der Waals surface area contributed by atoms with Crippen LogP contribution in [0, 0.1) is 13.8 Å². The molecule has 6 nitrogen and oxygen atoms in total. The highest BCUT2D eigenvalue weighted by molar-refractivity contribution is 7.99. The average molecular weight is 450 g/mol. The van der Waals surface area contributed by atoms with E-state index in [0.717, 1.165) is 27.4 Å². The quantitative estimate of drug-likeness (QED) is 0.420. The van der Waals surface area contributed by atoms with Gasteiger partial charge in [-0.25, -0.2) is 9.50 Å². The number of nitrogens with zero attached hydrogens (tertiary/aromatic N) is 4. The lowest BCUT2D eigenvalue weighted by atomic mass is 10.1. The SMILES string of the molecule is CSc1nc2nc(C)c(CC(=O)NCc3ccccc3Sc3ccccc3)c(C)n2n1. The molecule has 1 amide bonds. The molecule has 4 rings (SSSR count). The highest BCUT2D eigenvalue weighted by atomic mass is 32.2. The van der Waals surface area contributed by atoms with Crippen LogP contribution in [0.2, 0.25) is 0 Å². The minimum Gasteiger partial charge on any atom is -0.352 e. The number of carbonyl (C=O) groups is 1. The second kappa shape index (κ2) is 9.53. The van der Waals surface area contributed by atoms with Gasteiger partial charge in [-0.1, -0.05) is 59.9 Å². The molecule has 8 heteroatoms. The van der Waals surface area contributed by atoms with Crippen molar-refractivity contribution < 1.29 is 4.79 Å². The van der Waals surface area contributed by atoms with E-state index in [2.05, 4.69) is 44.6 Å². The summed E-state index contributed by atoms with van der Waals surface area (Å²) in [5.41, 5.74) is 3.67. The molecule has 2 heterocycles. The number of aryl methyl sites for hydroxylation is 2. The Kier molecular flexibility index (Phi) is 6.58. The van der Waals surface area contributed by atoms with Crippen molar-refractivity contribution in [1.29, 1.82) is 0 Å². The first-order chi connectivity index (χ1) is 15.0. The highest BCUT2D eigenvalue weighted by Gasteiger charge is 2.16. The topological polar surface area (TPSA) is 72.2 Å². The van der Waals surface area contributed by atoms with E-state index in [1.54, 1.807) is 16.3 Å². The first-order valence-corrected chi connectivity index (χ1v) is 11.9. The maximum atomic E-state index is 12.8. The molecule has 0 unspecified atom stereocenters. The third-order valence-corrected chi connectivity index (χ3v) is 6.63. The zero-order valence-electron chi connectivity index (χ0n) is 17.6. The molecule has 2 aromatic heterocycles. The van der Waals surface area contributed by atoms with Gasteiger partial charge in [-0.15, -0.1) is 5.10 Å². The van der Waals surface area contributed by atoms with E-state index < -0.39 is 0 Å². The first-order valence-electron chi connectivity index (χ1n) is 9.89. The molecular weight excluding hydrogens is 426 g/mol. The van der Waals surface area contributed by atoms with Gasteiger partial charge in [0.1, 0.15) is 0 Å². The van der Waals surface area contributed by atoms with E-state index in [1.165, 1.54) is 16.7 Å². The Morgan fingerprint density at radius 3 is 2.55 bits per heavy atom. The van der Waals surface area contributed by atoms with Crippen molar-refractivity contribution in [2.24, 2.45) is 0 Å². The van der Waals surface area contributed by atoms with Crippen LogP contribution in [-0.2, 0) is 17.8 Å². The Bertz CT molecular complexity index is 1220. The van der Waals surface area contributed by atoms with Crippen LogP contribution in [0.3, 0.4) is 0 Å². The lowest BCUT2D eigenvalue weighted by Gasteiger charge is -2.12. The van der Waals surface area contributed by atoms with Gasteiger partial charge in [0.25, 0.3) is 5.78 Å². The third-order valence-electron chi connectivity index (χ3n) is 4.97. The normalized spacial score (nSPS) is 11.1.